The van der Waals surface area contributed by atoms with Crippen LogP contribution in [-0.2, 0) is 23.7 Å². The van der Waals surface area contributed by atoms with Crippen LogP contribution in [0.1, 0.15) is 90.9 Å². The van der Waals surface area contributed by atoms with Gasteiger partial charge in [-0.3, -0.25) is 4.79 Å². The van der Waals surface area contributed by atoms with Gasteiger partial charge in [-0.25, -0.2) is 0 Å². The van der Waals surface area contributed by atoms with Crippen LogP contribution < -0.4 is 0 Å². The highest BCUT2D eigenvalue weighted by atomic mass is 16.7. The molecule has 36 heavy (non-hydrogen) atoms. The van der Waals surface area contributed by atoms with Crippen molar-refractivity contribution in [3.05, 3.63) is 12.2 Å². The predicted octanol–water partition coefficient (Wildman–Crippen LogP) is 3.01. The lowest BCUT2D eigenvalue weighted by Crippen LogP contribution is -2.59. The number of unbranched alkanes of at least 4 members (excludes halogenated alkanes) is 10. The van der Waals surface area contributed by atoms with Crippen LogP contribution >= 0.6 is 0 Å². The number of ether oxygens (including phenoxy) is 4. The van der Waals surface area contributed by atoms with E-state index in [0.29, 0.717) is 6.61 Å². The topological polar surface area (TPSA) is 135 Å². The molecule has 0 aromatic heterocycles. The maximum atomic E-state index is 11.4. The van der Waals surface area contributed by atoms with Gasteiger partial charge in [0.25, 0.3) is 0 Å². The first-order valence-electron chi connectivity index (χ1n) is 13.7. The molecule has 0 amide bonds. The van der Waals surface area contributed by atoms with E-state index in [0.717, 1.165) is 19.3 Å². The summed E-state index contributed by atoms with van der Waals surface area (Å²) in [5.41, 5.74) is 0. The van der Waals surface area contributed by atoms with Crippen molar-refractivity contribution >= 4 is 5.97 Å². The van der Waals surface area contributed by atoms with E-state index in [9.17, 15) is 25.2 Å². The highest BCUT2D eigenvalue weighted by Gasteiger charge is 2.44. The van der Waals surface area contributed by atoms with Crippen molar-refractivity contribution < 1.29 is 44.2 Å². The van der Waals surface area contributed by atoms with Crippen LogP contribution in [0, 0.1) is 0 Å². The Balaban J connectivity index is 2.12. The second-order valence-corrected chi connectivity index (χ2v) is 9.57. The van der Waals surface area contributed by atoms with Gasteiger partial charge in [0.2, 0.25) is 0 Å². The summed E-state index contributed by atoms with van der Waals surface area (Å²) in [6.07, 6.45) is 11.6. The van der Waals surface area contributed by atoms with E-state index in [1.54, 1.807) is 0 Å². The number of rotatable bonds is 21. The van der Waals surface area contributed by atoms with Gasteiger partial charge in [-0.05, 0) is 32.1 Å². The van der Waals surface area contributed by atoms with Gasteiger partial charge in [-0.15, -0.1) is 0 Å². The minimum Gasteiger partial charge on any atom is -0.458 e. The molecular formula is C27H50O9. The number of hydrogen-bond acceptors (Lipinski definition) is 9. The molecule has 9 nitrogen and oxygen atoms in total. The number of carbonyl (C=O) groups is 1. The minimum absolute atomic E-state index is 0.127. The van der Waals surface area contributed by atoms with Crippen LogP contribution in [0.3, 0.4) is 0 Å². The zero-order valence-electron chi connectivity index (χ0n) is 22.3. The third kappa shape index (κ3) is 14.6. The van der Waals surface area contributed by atoms with Gasteiger partial charge in [0.1, 0.15) is 30.5 Å². The summed E-state index contributed by atoms with van der Waals surface area (Å²) in [4.78, 5) is 11.4. The Bertz CT molecular complexity index is 569. The number of esters is 1. The highest BCUT2D eigenvalue weighted by molar-refractivity contribution is 5.66. The molecule has 1 saturated heterocycles. The summed E-state index contributed by atoms with van der Waals surface area (Å²) in [7, 11) is 0. The Hall–Kier alpha value is -1.07. The average Bonchev–Trinajstić information content (AvgIpc) is 2.86. The molecule has 1 aliphatic heterocycles. The molecule has 4 N–H and O–H groups in total. The SMILES string of the molecule is CCCCCC/C=C\CCCCCCCCOCC(COC1OC(CO)C(O)C(O)C1O)OC(C)=O. The van der Waals surface area contributed by atoms with Crippen molar-refractivity contribution in [2.24, 2.45) is 0 Å². The highest BCUT2D eigenvalue weighted by Crippen LogP contribution is 2.22. The predicted molar refractivity (Wildman–Crippen MR) is 136 cm³/mol. The number of carbonyl (C=O) groups excluding carboxylic acids is 1. The van der Waals surface area contributed by atoms with Gasteiger partial charge in [-0.2, -0.15) is 0 Å². The van der Waals surface area contributed by atoms with Crippen molar-refractivity contribution in [2.75, 3.05) is 26.4 Å². The van der Waals surface area contributed by atoms with Crippen LogP contribution in [0.4, 0.5) is 0 Å². The van der Waals surface area contributed by atoms with Gasteiger partial charge in [0.15, 0.2) is 6.29 Å². The molecule has 1 rings (SSSR count). The third-order valence-electron chi connectivity index (χ3n) is 6.23. The lowest BCUT2D eigenvalue weighted by molar-refractivity contribution is -0.305. The second kappa shape index (κ2) is 20.9. The molecule has 0 bridgehead atoms. The standard InChI is InChI=1S/C27H50O9/c1-3-4-5-6-7-8-9-10-11-12-13-14-15-16-17-33-19-22(35-21(2)29)20-34-27-26(32)25(31)24(30)23(18-28)36-27/h8-9,22-28,30-32H,3-7,10-20H2,1-2H3/b9-8-. The Morgan fingerprint density at radius 3 is 2.08 bits per heavy atom. The Morgan fingerprint density at radius 1 is 0.861 bits per heavy atom. The lowest BCUT2D eigenvalue weighted by atomic mass is 9.99. The van der Waals surface area contributed by atoms with E-state index >= 15 is 0 Å². The molecule has 1 aliphatic rings. The average molecular weight is 519 g/mol. The van der Waals surface area contributed by atoms with Crippen LogP contribution in [-0.4, -0.2) is 89.6 Å². The fourth-order valence-electron chi connectivity index (χ4n) is 4.07. The first-order chi connectivity index (χ1) is 17.4. The molecule has 0 radical (unpaired) electrons. The van der Waals surface area contributed by atoms with Gasteiger partial charge in [0, 0.05) is 13.5 Å². The molecule has 212 valence electrons. The summed E-state index contributed by atoms with van der Waals surface area (Å²) in [5.74, 6) is -0.493. The van der Waals surface area contributed by atoms with Crippen molar-refractivity contribution in [3.8, 4) is 0 Å². The fraction of sp³-hybridized carbons (Fsp3) is 0.889. The van der Waals surface area contributed by atoms with Crippen molar-refractivity contribution in [2.45, 2.75) is 128 Å². The molecule has 0 aromatic rings. The normalized spacial score (nSPS) is 25.3. The Labute approximate surface area is 216 Å². The molecule has 6 atom stereocenters. The summed E-state index contributed by atoms with van der Waals surface area (Å²) >= 11 is 0. The largest absolute Gasteiger partial charge is 0.458 e. The lowest BCUT2D eigenvalue weighted by Gasteiger charge is -2.39. The van der Waals surface area contributed by atoms with E-state index in [1.807, 2.05) is 0 Å². The second-order valence-electron chi connectivity index (χ2n) is 9.57. The van der Waals surface area contributed by atoms with Crippen LogP contribution in [0.25, 0.3) is 0 Å². The maximum Gasteiger partial charge on any atom is 0.303 e. The number of allylic oxidation sites excluding steroid dienone is 2. The molecule has 0 aromatic carbocycles. The van der Waals surface area contributed by atoms with Crippen LogP contribution in [0.2, 0.25) is 0 Å². The Kier molecular flexibility index (Phi) is 19.2. The maximum absolute atomic E-state index is 11.4. The molecule has 0 spiro atoms. The quantitative estimate of drug-likeness (QED) is 0.103. The number of aliphatic hydroxyl groups excluding tert-OH is 4. The van der Waals surface area contributed by atoms with Crippen molar-refractivity contribution in [3.63, 3.8) is 0 Å². The number of aliphatic hydroxyl groups is 4. The van der Waals surface area contributed by atoms with Gasteiger partial charge in [-0.1, -0.05) is 64.0 Å². The van der Waals surface area contributed by atoms with Gasteiger partial charge < -0.3 is 39.4 Å². The Morgan fingerprint density at radius 2 is 1.47 bits per heavy atom. The zero-order chi connectivity index (χ0) is 26.6. The molecule has 0 saturated carbocycles. The summed E-state index contributed by atoms with van der Waals surface area (Å²) in [6, 6.07) is 0. The van der Waals surface area contributed by atoms with E-state index in [1.165, 1.54) is 64.7 Å². The molecule has 6 unspecified atom stereocenters. The summed E-state index contributed by atoms with van der Waals surface area (Å²) in [6.45, 7) is 3.51. The minimum atomic E-state index is -1.53. The van der Waals surface area contributed by atoms with E-state index < -0.39 is 49.4 Å². The summed E-state index contributed by atoms with van der Waals surface area (Å²) in [5, 5.41) is 39.0. The van der Waals surface area contributed by atoms with E-state index in [-0.39, 0.29) is 13.2 Å². The van der Waals surface area contributed by atoms with Crippen molar-refractivity contribution in [1.82, 2.24) is 0 Å². The molecule has 1 heterocycles. The first kappa shape index (κ1) is 33.0. The molecule has 0 aliphatic carbocycles. The fourth-order valence-corrected chi connectivity index (χ4v) is 4.07. The van der Waals surface area contributed by atoms with Crippen LogP contribution in [0.5, 0.6) is 0 Å². The van der Waals surface area contributed by atoms with Gasteiger partial charge >= 0.3 is 5.97 Å². The first-order valence-corrected chi connectivity index (χ1v) is 13.7. The van der Waals surface area contributed by atoms with Gasteiger partial charge in [0.05, 0.1) is 19.8 Å². The smallest absolute Gasteiger partial charge is 0.303 e. The van der Waals surface area contributed by atoms with Crippen LogP contribution in [0.15, 0.2) is 12.2 Å². The summed E-state index contributed by atoms with van der Waals surface area (Å²) < 4.78 is 21.6. The zero-order valence-corrected chi connectivity index (χ0v) is 22.3. The monoisotopic (exact) mass is 518 g/mol. The van der Waals surface area contributed by atoms with E-state index in [2.05, 4.69) is 19.1 Å². The molecule has 9 heteroatoms. The van der Waals surface area contributed by atoms with E-state index in [4.69, 9.17) is 18.9 Å². The number of hydrogen-bond donors (Lipinski definition) is 4. The third-order valence-corrected chi connectivity index (χ3v) is 6.23. The molecule has 1 fully saturated rings. The van der Waals surface area contributed by atoms with Crippen molar-refractivity contribution in [1.29, 1.82) is 0 Å². The molecular weight excluding hydrogens is 468 g/mol.